The number of H-pyrrole nitrogens is 1. The van der Waals surface area contributed by atoms with Crippen LogP contribution in [0, 0.1) is 41.6 Å². The van der Waals surface area contributed by atoms with Gasteiger partial charge in [-0.15, -0.1) is 6.42 Å². The van der Waals surface area contributed by atoms with Crippen LogP contribution in [0.1, 0.15) is 43.5 Å². The van der Waals surface area contributed by atoms with Gasteiger partial charge in [0, 0.05) is 29.7 Å². The van der Waals surface area contributed by atoms with E-state index < -0.39 is 0 Å². The minimum Gasteiger partial charge on any atom is -0.393 e. The first-order chi connectivity index (χ1) is 14.1. The molecule has 4 rings (SSSR count). The van der Waals surface area contributed by atoms with Gasteiger partial charge in [-0.3, -0.25) is 0 Å². The van der Waals surface area contributed by atoms with Crippen molar-refractivity contribution in [3.8, 4) is 18.5 Å². The van der Waals surface area contributed by atoms with E-state index in [1.54, 1.807) is 0 Å². The minimum atomic E-state index is -0.301. The van der Waals surface area contributed by atoms with Gasteiger partial charge in [-0.1, -0.05) is 31.0 Å². The fourth-order valence-electron chi connectivity index (χ4n) is 5.35. The number of para-hydroxylation sites is 1. The largest absolute Gasteiger partial charge is 0.393 e. The second-order valence-corrected chi connectivity index (χ2v) is 8.53. The van der Waals surface area contributed by atoms with Crippen molar-refractivity contribution in [3.63, 3.8) is 0 Å². The number of aliphatic hydroxyl groups excluding tert-OH is 1. The molecule has 1 unspecified atom stereocenters. The van der Waals surface area contributed by atoms with Crippen LogP contribution in [0.3, 0.4) is 0 Å². The lowest BCUT2D eigenvalue weighted by atomic mass is 9.68. The van der Waals surface area contributed by atoms with Gasteiger partial charge < -0.3 is 19.7 Å². The van der Waals surface area contributed by atoms with Crippen LogP contribution in [-0.4, -0.2) is 40.8 Å². The monoisotopic (exact) mass is 391 g/mol. The molecule has 1 aromatic carbocycles. The first-order valence-corrected chi connectivity index (χ1v) is 10.6. The third-order valence-electron chi connectivity index (χ3n) is 6.97. The lowest BCUT2D eigenvalue weighted by Gasteiger charge is -2.42. The van der Waals surface area contributed by atoms with Gasteiger partial charge >= 0.3 is 0 Å². The van der Waals surface area contributed by atoms with Gasteiger partial charge in [0.05, 0.1) is 12.2 Å². The Kier molecular flexibility index (Phi) is 5.81. The zero-order valence-electron chi connectivity index (χ0n) is 17.0. The predicted octanol–water partition coefficient (Wildman–Crippen LogP) is 3.61. The van der Waals surface area contributed by atoms with Crippen molar-refractivity contribution < 1.29 is 9.84 Å². The summed E-state index contributed by atoms with van der Waals surface area (Å²) >= 11 is 0. The molecule has 1 saturated carbocycles. The number of nitrogens with one attached hydrogen (secondary N) is 1. The molecule has 2 N–H and O–H groups in total. The Bertz CT molecular complexity index is 938. The van der Waals surface area contributed by atoms with E-state index in [-0.39, 0.29) is 30.7 Å². The summed E-state index contributed by atoms with van der Waals surface area (Å²) in [5, 5.41) is 21.5. The maximum Gasteiger partial charge on any atom is 0.179 e. The molecule has 0 radical (unpaired) electrons. The average Bonchev–Trinajstić information content (AvgIpc) is 3.11. The van der Waals surface area contributed by atoms with Crippen LogP contribution in [0.4, 0.5) is 0 Å². The van der Waals surface area contributed by atoms with E-state index in [0.717, 1.165) is 43.4 Å². The Morgan fingerprint density at radius 1 is 1.34 bits per heavy atom. The van der Waals surface area contributed by atoms with E-state index >= 15 is 0 Å². The van der Waals surface area contributed by atoms with Crippen molar-refractivity contribution in [2.24, 2.45) is 17.8 Å². The molecule has 5 nitrogen and oxygen atoms in total. The topological polar surface area (TPSA) is 72.3 Å². The quantitative estimate of drug-likeness (QED) is 0.606. The first kappa shape index (κ1) is 19.8. The van der Waals surface area contributed by atoms with E-state index in [1.165, 1.54) is 10.9 Å². The van der Waals surface area contributed by atoms with Crippen LogP contribution in [-0.2, 0) is 11.2 Å². The molecule has 5 atom stereocenters. The first-order valence-electron chi connectivity index (χ1n) is 10.6. The van der Waals surface area contributed by atoms with Gasteiger partial charge in [-0.2, -0.15) is 5.26 Å². The highest BCUT2D eigenvalue weighted by Crippen LogP contribution is 2.43. The lowest BCUT2D eigenvalue weighted by molar-refractivity contribution is -0.0310. The molecule has 2 aromatic rings. The molecule has 2 aliphatic rings. The van der Waals surface area contributed by atoms with E-state index in [4.69, 9.17) is 11.2 Å². The van der Waals surface area contributed by atoms with Gasteiger partial charge in [0.15, 0.2) is 6.19 Å². The molecular formula is C24H29N3O2. The normalized spacial score (nSPS) is 30.1. The van der Waals surface area contributed by atoms with Gasteiger partial charge in [-0.05, 0) is 55.1 Å². The van der Waals surface area contributed by atoms with Crippen molar-refractivity contribution in [1.82, 2.24) is 9.88 Å². The Hall–Kier alpha value is -2.47. The van der Waals surface area contributed by atoms with Crippen molar-refractivity contribution in [1.29, 1.82) is 5.26 Å². The van der Waals surface area contributed by atoms with Crippen LogP contribution in [0.15, 0.2) is 24.3 Å². The van der Waals surface area contributed by atoms with E-state index in [1.807, 2.05) is 17.0 Å². The van der Waals surface area contributed by atoms with Crippen molar-refractivity contribution >= 4 is 10.9 Å². The average molecular weight is 392 g/mol. The maximum atomic E-state index is 10.5. The van der Waals surface area contributed by atoms with Crippen molar-refractivity contribution in [2.75, 3.05) is 19.7 Å². The highest BCUT2D eigenvalue weighted by Gasteiger charge is 2.39. The predicted molar refractivity (Wildman–Crippen MR) is 113 cm³/mol. The Labute approximate surface area is 172 Å². The summed E-state index contributed by atoms with van der Waals surface area (Å²) in [5.41, 5.74) is 3.38. The molecular weight excluding hydrogens is 362 g/mol. The summed E-state index contributed by atoms with van der Waals surface area (Å²) in [5.74, 6) is 3.42. The summed E-state index contributed by atoms with van der Waals surface area (Å²) < 4.78 is 6.18. The molecule has 5 heteroatoms. The Balaban J connectivity index is 1.79. The van der Waals surface area contributed by atoms with Gasteiger partial charge in [-0.25, -0.2) is 0 Å². The minimum absolute atomic E-state index is 0.137. The molecule has 1 aliphatic heterocycles. The van der Waals surface area contributed by atoms with E-state index in [0.29, 0.717) is 12.5 Å². The number of nitrogens with zero attached hydrogens (tertiary/aromatic N) is 2. The van der Waals surface area contributed by atoms with Crippen molar-refractivity contribution in [2.45, 2.75) is 44.8 Å². The molecule has 1 aliphatic carbocycles. The number of nitriles is 1. The van der Waals surface area contributed by atoms with Crippen LogP contribution in [0.25, 0.3) is 10.9 Å². The third-order valence-corrected chi connectivity index (χ3v) is 6.97. The lowest BCUT2D eigenvalue weighted by Crippen LogP contribution is -2.42. The number of rotatable bonds is 2. The van der Waals surface area contributed by atoms with E-state index in [2.05, 4.69) is 36.2 Å². The number of aliphatic hydroxyl groups is 1. The fourth-order valence-corrected chi connectivity index (χ4v) is 5.35. The summed E-state index contributed by atoms with van der Waals surface area (Å²) in [6.07, 6.45) is 10.8. The molecule has 152 valence electrons. The van der Waals surface area contributed by atoms with Gasteiger partial charge in [0.25, 0.3) is 0 Å². The molecule has 29 heavy (non-hydrogen) atoms. The molecule has 0 spiro atoms. The molecule has 1 fully saturated rings. The summed E-state index contributed by atoms with van der Waals surface area (Å²) in [6.45, 7) is 3.83. The highest BCUT2D eigenvalue weighted by atomic mass is 16.5. The number of hydrogen-bond acceptors (Lipinski definition) is 4. The second-order valence-electron chi connectivity index (χ2n) is 8.53. The zero-order valence-corrected chi connectivity index (χ0v) is 17.0. The molecule has 2 heterocycles. The SMILES string of the molecule is C#CCO[C@@H]1CC2[C@@H](CC[C@H](O)[C@@H]2C)CN(C#N)CCc2c1[nH]c1ccccc21. The molecule has 1 aromatic heterocycles. The van der Waals surface area contributed by atoms with E-state index in [9.17, 15) is 10.4 Å². The van der Waals surface area contributed by atoms with Crippen LogP contribution in [0.5, 0.6) is 0 Å². The smallest absolute Gasteiger partial charge is 0.179 e. The maximum absolute atomic E-state index is 10.5. The summed E-state index contributed by atoms with van der Waals surface area (Å²) in [7, 11) is 0. The highest BCUT2D eigenvalue weighted by molar-refractivity contribution is 5.84. The number of hydrogen-bond donors (Lipinski definition) is 2. The number of fused-ring (bicyclic) bond motifs is 4. The second kappa shape index (κ2) is 8.49. The zero-order chi connectivity index (χ0) is 20.4. The van der Waals surface area contributed by atoms with Crippen LogP contribution < -0.4 is 0 Å². The van der Waals surface area contributed by atoms with Crippen molar-refractivity contribution in [3.05, 3.63) is 35.5 Å². The third kappa shape index (κ3) is 3.86. The van der Waals surface area contributed by atoms with Crippen LogP contribution in [0.2, 0.25) is 0 Å². The number of aromatic amines is 1. The summed E-state index contributed by atoms with van der Waals surface area (Å²) in [4.78, 5) is 5.49. The Morgan fingerprint density at radius 2 is 2.17 bits per heavy atom. The number of terminal acetylenes is 1. The number of aromatic nitrogens is 1. The fraction of sp³-hybridized carbons (Fsp3) is 0.542. The Morgan fingerprint density at radius 3 is 2.97 bits per heavy atom. The van der Waals surface area contributed by atoms with Gasteiger partial charge in [0.1, 0.15) is 6.61 Å². The number of ether oxygens (including phenoxy) is 1. The van der Waals surface area contributed by atoms with Crippen LogP contribution >= 0.6 is 0 Å². The standard InChI is InChI=1S/C24H29N3O2/c1-3-12-29-23-13-20-16(2)22(28)9-8-17(20)14-27(15-25)11-10-19-18-6-4-5-7-21(18)26-24(19)23/h1,4-7,16-17,20,22-23,26,28H,8-14H2,2H3/t16-,17+,20?,22+,23-/m1/s1. The molecule has 0 bridgehead atoms. The number of benzene rings is 1. The molecule has 0 amide bonds. The molecule has 0 saturated heterocycles. The van der Waals surface area contributed by atoms with Gasteiger partial charge in [0.2, 0.25) is 0 Å². The summed E-state index contributed by atoms with van der Waals surface area (Å²) in [6, 6.07) is 8.28.